The highest BCUT2D eigenvalue weighted by Crippen LogP contribution is 2.36. The zero-order chi connectivity index (χ0) is 17.4. The van der Waals surface area contributed by atoms with E-state index in [1.165, 1.54) is 11.3 Å². The second-order valence-corrected chi connectivity index (χ2v) is 6.75. The molecular formula is C19H16N2O3S. The molecule has 1 amide bonds. The van der Waals surface area contributed by atoms with Gasteiger partial charge < -0.3 is 14.0 Å². The van der Waals surface area contributed by atoms with E-state index in [1.54, 1.807) is 12.1 Å². The summed E-state index contributed by atoms with van der Waals surface area (Å²) >= 11 is 1.45. The molecule has 1 aliphatic heterocycles. The van der Waals surface area contributed by atoms with Crippen LogP contribution in [-0.2, 0) is 6.54 Å². The summed E-state index contributed by atoms with van der Waals surface area (Å²) in [5, 5.41) is 0. The predicted octanol–water partition coefficient (Wildman–Crippen LogP) is 3.67. The number of nitrogens with zero attached hydrogens (tertiary/aromatic N) is 2. The van der Waals surface area contributed by atoms with Crippen molar-refractivity contribution in [2.24, 2.45) is 4.99 Å². The molecule has 25 heavy (non-hydrogen) atoms. The van der Waals surface area contributed by atoms with Crippen molar-refractivity contribution in [1.82, 2.24) is 4.57 Å². The van der Waals surface area contributed by atoms with Crippen LogP contribution in [0.25, 0.3) is 10.2 Å². The normalized spacial score (nSPS) is 13.4. The summed E-state index contributed by atoms with van der Waals surface area (Å²) in [6.45, 7) is 6.55. The molecule has 6 heteroatoms. The number of carbonyl (C=O) groups excluding carboxylic acids is 1. The van der Waals surface area contributed by atoms with Gasteiger partial charge in [0, 0.05) is 24.2 Å². The number of aromatic nitrogens is 1. The third kappa shape index (κ3) is 2.85. The Hall–Kier alpha value is -2.86. The molecule has 4 rings (SSSR count). The molecule has 0 radical (unpaired) electrons. The van der Waals surface area contributed by atoms with Crippen LogP contribution < -0.4 is 14.3 Å². The predicted molar refractivity (Wildman–Crippen MR) is 97.2 cm³/mol. The Morgan fingerprint density at radius 2 is 2.12 bits per heavy atom. The minimum absolute atomic E-state index is 0.233. The number of hydrogen-bond donors (Lipinski definition) is 0. The van der Waals surface area contributed by atoms with Gasteiger partial charge in [-0.2, -0.15) is 4.99 Å². The minimum atomic E-state index is -0.256. The SMILES string of the molecule is C=CCn1c(=NC(=O)c2cccc(C)c2)sc2cc3c(cc21)OCO3. The average molecular weight is 352 g/mol. The summed E-state index contributed by atoms with van der Waals surface area (Å²) in [5.74, 6) is 1.17. The average Bonchev–Trinajstić information content (AvgIpc) is 3.18. The number of ether oxygens (including phenoxy) is 2. The second-order valence-electron chi connectivity index (χ2n) is 5.74. The summed E-state index contributed by atoms with van der Waals surface area (Å²) in [6.07, 6.45) is 1.78. The smallest absolute Gasteiger partial charge is 0.279 e. The molecule has 0 atom stereocenters. The van der Waals surface area contributed by atoms with E-state index >= 15 is 0 Å². The molecule has 5 nitrogen and oxygen atoms in total. The van der Waals surface area contributed by atoms with Crippen LogP contribution in [0.4, 0.5) is 0 Å². The maximum Gasteiger partial charge on any atom is 0.279 e. The van der Waals surface area contributed by atoms with Gasteiger partial charge in [0.05, 0.1) is 10.2 Å². The van der Waals surface area contributed by atoms with Gasteiger partial charge in [-0.05, 0) is 19.1 Å². The van der Waals surface area contributed by atoms with Crippen molar-refractivity contribution in [2.75, 3.05) is 6.79 Å². The number of carbonyl (C=O) groups is 1. The van der Waals surface area contributed by atoms with Crippen molar-refractivity contribution < 1.29 is 14.3 Å². The van der Waals surface area contributed by atoms with Crippen molar-refractivity contribution in [3.05, 3.63) is 65.0 Å². The van der Waals surface area contributed by atoms with Crippen molar-refractivity contribution in [3.8, 4) is 11.5 Å². The molecule has 0 saturated heterocycles. The van der Waals surface area contributed by atoms with E-state index in [4.69, 9.17) is 9.47 Å². The molecule has 0 saturated carbocycles. The van der Waals surface area contributed by atoms with E-state index in [1.807, 2.05) is 41.8 Å². The maximum absolute atomic E-state index is 12.6. The van der Waals surface area contributed by atoms with Crippen LogP contribution in [0.2, 0.25) is 0 Å². The van der Waals surface area contributed by atoms with E-state index in [-0.39, 0.29) is 12.7 Å². The monoisotopic (exact) mass is 352 g/mol. The molecule has 126 valence electrons. The van der Waals surface area contributed by atoms with Gasteiger partial charge in [0.2, 0.25) is 6.79 Å². The summed E-state index contributed by atoms with van der Waals surface area (Å²) in [7, 11) is 0. The summed E-state index contributed by atoms with van der Waals surface area (Å²) in [5.41, 5.74) is 2.56. The molecule has 0 spiro atoms. The van der Waals surface area contributed by atoms with Crippen molar-refractivity contribution in [2.45, 2.75) is 13.5 Å². The molecule has 2 aromatic carbocycles. The van der Waals surface area contributed by atoms with Crippen LogP contribution in [-0.4, -0.2) is 17.3 Å². The zero-order valence-corrected chi connectivity index (χ0v) is 14.5. The fraction of sp³-hybridized carbons (Fsp3) is 0.158. The van der Waals surface area contributed by atoms with Gasteiger partial charge in [0.1, 0.15) is 0 Å². The van der Waals surface area contributed by atoms with Crippen LogP contribution in [0.3, 0.4) is 0 Å². The number of rotatable bonds is 3. The molecule has 0 unspecified atom stereocenters. The topological polar surface area (TPSA) is 52.8 Å². The largest absolute Gasteiger partial charge is 0.454 e. The second kappa shape index (κ2) is 6.22. The highest BCUT2D eigenvalue weighted by atomic mass is 32.1. The molecule has 0 bridgehead atoms. The quantitative estimate of drug-likeness (QED) is 0.676. The number of aryl methyl sites for hydroxylation is 1. The van der Waals surface area contributed by atoms with Crippen LogP contribution in [0, 0.1) is 6.92 Å². The first-order valence-corrected chi connectivity index (χ1v) is 8.67. The number of amides is 1. The lowest BCUT2D eigenvalue weighted by Crippen LogP contribution is -2.16. The van der Waals surface area contributed by atoms with Crippen molar-refractivity contribution in [3.63, 3.8) is 0 Å². The van der Waals surface area contributed by atoms with Gasteiger partial charge in [-0.3, -0.25) is 4.79 Å². The maximum atomic E-state index is 12.6. The molecule has 2 heterocycles. The third-order valence-electron chi connectivity index (χ3n) is 3.95. The fourth-order valence-electron chi connectivity index (χ4n) is 2.78. The standard InChI is InChI=1S/C19H16N2O3S/c1-3-7-21-14-9-15-16(24-11-23-15)10-17(14)25-19(21)20-18(22)13-6-4-5-12(2)8-13/h3-6,8-10H,1,7,11H2,2H3. The Balaban J connectivity index is 1.87. The van der Waals surface area contributed by atoms with Crippen molar-refractivity contribution >= 4 is 27.5 Å². The van der Waals surface area contributed by atoms with Crippen LogP contribution in [0.1, 0.15) is 15.9 Å². The summed E-state index contributed by atoms with van der Waals surface area (Å²) in [6, 6.07) is 11.3. The fourth-order valence-corrected chi connectivity index (χ4v) is 3.83. The zero-order valence-electron chi connectivity index (χ0n) is 13.7. The lowest BCUT2D eigenvalue weighted by molar-refractivity contribution is 0.0998. The van der Waals surface area contributed by atoms with Gasteiger partial charge in [0.15, 0.2) is 16.3 Å². The molecular weight excluding hydrogens is 336 g/mol. The highest BCUT2D eigenvalue weighted by molar-refractivity contribution is 7.16. The first kappa shape index (κ1) is 15.7. The number of allylic oxidation sites excluding steroid dienone is 1. The summed E-state index contributed by atoms with van der Waals surface area (Å²) < 4.78 is 13.8. The Labute approximate surface area is 148 Å². The molecule has 3 aromatic rings. The number of hydrogen-bond acceptors (Lipinski definition) is 4. The van der Waals surface area contributed by atoms with E-state index in [9.17, 15) is 4.79 Å². The first-order chi connectivity index (χ1) is 12.2. The van der Waals surface area contributed by atoms with Gasteiger partial charge in [-0.25, -0.2) is 0 Å². The van der Waals surface area contributed by atoms with E-state index in [0.29, 0.717) is 22.7 Å². The van der Waals surface area contributed by atoms with Gasteiger partial charge in [0.25, 0.3) is 5.91 Å². The lowest BCUT2D eigenvalue weighted by atomic mass is 10.1. The summed E-state index contributed by atoms with van der Waals surface area (Å²) in [4.78, 5) is 17.5. The van der Waals surface area contributed by atoms with Crippen LogP contribution in [0.15, 0.2) is 54.0 Å². The molecule has 1 aliphatic rings. The molecule has 1 aromatic heterocycles. The minimum Gasteiger partial charge on any atom is -0.454 e. The molecule has 0 aliphatic carbocycles. The number of benzene rings is 2. The van der Waals surface area contributed by atoms with Gasteiger partial charge in [-0.1, -0.05) is 35.1 Å². The van der Waals surface area contributed by atoms with E-state index < -0.39 is 0 Å². The Bertz CT molecular complexity index is 1060. The van der Waals surface area contributed by atoms with Crippen LogP contribution in [0.5, 0.6) is 11.5 Å². The lowest BCUT2D eigenvalue weighted by Gasteiger charge is -2.02. The van der Waals surface area contributed by atoms with Gasteiger partial charge >= 0.3 is 0 Å². The Morgan fingerprint density at radius 3 is 2.88 bits per heavy atom. The number of thiazole rings is 1. The molecule has 0 N–H and O–H groups in total. The first-order valence-electron chi connectivity index (χ1n) is 7.85. The van der Waals surface area contributed by atoms with Crippen molar-refractivity contribution in [1.29, 1.82) is 0 Å². The Morgan fingerprint density at radius 1 is 1.32 bits per heavy atom. The van der Waals surface area contributed by atoms with Crippen LogP contribution >= 0.6 is 11.3 Å². The van der Waals surface area contributed by atoms with Gasteiger partial charge in [-0.15, -0.1) is 6.58 Å². The Kier molecular flexibility index (Phi) is 3.89. The number of fused-ring (bicyclic) bond motifs is 2. The van der Waals surface area contributed by atoms with E-state index in [2.05, 4.69) is 11.6 Å². The highest BCUT2D eigenvalue weighted by Gasteiger charge is 2.17. The molecule has 0 fully saturated rings. The third-order valence-corrected chi connectivity index (χ3v) is 4.99. The van der Waals surface area contributed by atoms with E-state index in [0.717, 1.165) is 21.5 Å².